The minimum absolute atomic E-state index is 0.0821. The van der Waals surface area contributed by atoms with E-state index in [1.165, 1.54) is 4.88 Å². The van der Waals surface area contributed by atoms with Crippen molar-refractivity contribution < 1.29 is 9.59 Å². The Balaban J connectivity index is 1.83. The lowest BCUT2D eigenvalue weighted by Gasteiger charge is -2.42. The van der Waals surface area contributed by atoms with E-state index in [0.29, 0.717) is 12.2 Å². The standard InChI is InChI=1S/C18H21N3O2S/c1-18(2)17(23)19-14-8-4-5-9-15(14)21(18)16(22)12-20(3)11-13-7-6-10-24-13/h4-10H,11-12H2,1-3H3,(H,19,23). The third kappa shape index (κ3) is 3.07. The van der Waals surface area contributed by atoms with Gasteiger partial charge >= 0.3 is 0 Å². The SMILES string of the molecule is CN(CC(=O)N1c2ccccc2NC(=O)C1(C)C)Cc1cccs1. The fourth-order valence-electron chi connectivity index (χ4n) is 2.92. The number of carbonyl (C=O) groups is 2. The molecule has 1 aromatic carbocycles. The lowest BCUT2D eigenvalue weighted by atomic mass is 9.96. The number of anilines is 2. The maximum absolute atomic E-state index is 13.0. The van der Waals surface area contributed by atoms with E-state index in [4.69, 9.17) is 0 Å². The summed E-state index contributed by atoms with van der Waals surface area (Å²) >= 11 is 1.67. The van der Waals surface area contributed by atoms with Crippen LogP contribution in [0.2, 0.25) is 0 Å². The van der Waals surface area contributed by atoms with Gasteiger partial charge in [0.25, 0.3) is 0 Å². The molecular formula is C18H21N3O2S. The molecule has 24 heavy (non-hydrogen) atoms. The van der Waals surface area contributed by atoms with Gasteiger partial charge in [-0.15, -0.1) is 11.3 Å². The van der Waals surface area contributed by atoms with Crippen molar-refractivity contribution in [3.63, 3.8) is 0 Å². The van der Waals surface area contributed by atoms with Crippen molar-refractivity contribution in [2.75, 3.05) is 23.8 Å². The monoisotopic (exact) mass is 343 g/mol. The third-order valence-electron chi connectivity index (χ3n) is 4.17. The fourth-order valence-corrected chi connectivity index (χ4v) is 3.71. The quantitative estimate of drug-likeness (QED) is 0.929. The maximum Gasteiger partial charge on any atom is 0.250 e. The number of nitrogens with zero attached hydrogens (tertiary/aromatic N) is 2. The van der Waals surface area contributed by atoms with Crippen molar-refractivity contribution in [2.45, 2.75) is 25.9 Å². The number of para-hydroxylation sites is 2. The largest absolute Gasteiger partial charge is 0.322 e. The van der Waals surface area contributed by atoms with Crippen LogP contribution in [0.5, 0.6) is 0 Å². The number of nitrogens with one attached hydrogen (secondary N) is 1. The summed E-state index contributed by atoms with van der Waals surface area (Å²) in [6, 6.07) is 11.5. The lowest BCUT2D eigenvalue weighted by Crippen LogP contribution is -2.60. The van der Waals surface area contributed by atoms with Gasteiger partial charge in [0, 0.05) is 11.4 Å². The Morgan fingerprint density at radius 3 is 2.71 bits per heavy atom. The third-order valence-corrected chi connectivity index (χ3v) is 5.03. The molecule has 0 radical (unpaired) electrons. The predicted octanol–water partition coefficient (Wildman–Crippen LogP) is 2.94. The average molecular weight is 343 g/mol. The van der Waals surface area contributed by atoms with Crippen molar-refractivity contribution in [1.29, 1.82) is 0 Å². The molecular weight excluding hydrogens is 322 g/mol. The molecule has 0 saturated carbocycles. The first-order chi connectivity index (χ1) is 11.4. The van der Waals surface area contributed by atoms with Crippen molar-refractivity contribution in [2.24, 2.45) is 0 Å². The zero-order valence-corrected chi connectivity index (χ0v) is 14.9. The number of rotatable bonds is 4. The van der Waals surface area contributed by atoms with Crippen LogP contribution in [0.15, 0.2) is 41.8 Å². The number of hydrogen-bond donors (Lipinski definition) is 1. The second-order valence-electron chi connectivity index (χ2n) is 6.51. The molecule has 126 valence electrons. The molecule has 6 heteroatoms. The summed E-state index contributed by atoms with van der Waals surface area (Å²) in [4.78, 5) is 30.2. The topological polar surface area (TPSA) is 52.7 Å². The molecule has 1 aliphatic heterocycles. The highest BCUT2D eigenvalue weighted by molar-refractivity contribution is 7.09. The molecule has 0 unspecified atom stereocenters. The Kier molecular flexibility index (Phi) is 4.43. The Bertz CT molecular complexity index is 755. The van der Waals surface area contributed by atoms with Crippen LogP contribution < -0.4 is 10.2 Å². The van der Waals surface area contributed by atoms with Crippen LogP contribution in [-0.2, 0) is 16.1 Å². The van der Waals surface area contributed by atoms with Gasteiger partial charge in [-0.05, 0) is 44.5 Å². The summed E-state index contributed by atoms with van der Waals surface area (Å²) < 4.78 is 0. The molecule has 0 aliphatic carbocycles. The van der Waals surface area contributed by atoms with Crippen LogP contribution in [0.1, 0.15) is 18.7 Å². The minimum Gasteiger partial charge on any atom is -0.322 e. The van der Waals surface area contributed by atoms with E-state index in [2.05, 4.69) is 11.4 Å². The molecule has 0 spiro atoms. The van der Waals surface area contributed by atoms with Gasteiger partial charge in [-0.1, -0.05) is 18.2 Å². The summed E-state index contributed by atoms with van der Waals surface area (Å²) in [5.74, 6) is -0.253. The highest BCUT2D eigenvalue weighted by atomic mass is 32.1. The molecule has 0 bridgehead atoms. The van der Waals surface area contributed by atoms with Gasteiger partial charge < -0.3 is 5.32 Å². The van der Waals surface area contributed by atoms with E-state index in [-0.39, 0.29) is 18.4 Å². The zero-order chi connectivity index (χ0) is 17.3. The lowest BCUT2D eigenvalue weighted by molar-refractivity contribution is -0.127. The van der Waals surface area contributed by atoms with Gasteiger partial charge in [0.15, 0.2) is 0 Å². The molecule has 3 rings (SSSR count). The van der Waals surface area contributed by atoms with Crippen molar-refractivity contribution in [3.05, 3.63) is 46.7 Å². The first kappa shape index (κ1) is 16.7. The van der Waals surface area contributed by atoms with E-state index in [1.54, 1.807) is 30.1 Å². The van der Waals surface area contributed by atoms with E-state index < -0.39 is 5.54 Å². The van der Waals surface area contributed by atoms with Crippen molar-refractivity contribution in [1.82, 2.24) is 4.90 Å². The van der Waals surface area contributed by atoms with Crippen LogP contribution in [0.25, 0.3) is 0 Å². The van der Waals surface area contributed by atoms with E-state index in [9.17, 15) is 9.59 Å². The molecule has 0 atom stereocenters. The van der Waals surface area contributed by atoms with Crippen molar-refractivity contribution >= 4 is 34.5 Å². The second kappa shape index (κ2) is 6.37. The molecule has 2 heterocycles. The first-order valence-corrected chi connectivity index (χ1v) is 8.72. The van der Waals surface area contributed by atoms with Gasteiger partial charge in [0.05, 0.1) is 17.9 Å². The van der Waals surface area contributed by atoms with E-state index in [1.807, 2.05) is 47.7 Å². The minimum atomic E-state index is -0.921. The molecule has 1 N–H and O–H groups in total. The summed E-state index contributed by atoms with van der Waals surface area (Å²) in [7, 11) is 1.92. The summed E-state index contributed by atoms with van der Waals surface area (Å²) in [6.07, 6.45) is 0. The average Bonchev–Trinajstić information content (AvgIpc) is 3.00. The Morgan fingerprint density at radius 1 is 1.25 bits per heavy atom. The summed E-state index contributed by atoms with van der Waals surface area (Å²) in [5, 5.41) is 4.91. The molecule has 2 aromatic rings. The zero-order valence-electron chi connectivity index (χ0n) is 14.1. The Morgan fingerprint density at radius 2 is 2.00 bits per heavy atom. The molecule has 1 aliphatic rings. The highest BCUT2D eigenvalue weighted by Gasteiger charge is 2.43. The van der Waals surface area contributed by atoms with Crippen LogP contribution >= 0.6 is 11.3 Å². The molecule has 2 amide bonds. The summed E-state index contributed by atoms with van der Waals surface area (Å²) in [5.41, 5.74) is 0.502. The Labute approximate surface area is 145 Å². The number of amides is 2. The van der Waals surface area contributed by atoms with Crippen LogP contribution in [-0.4, -0.2) is 35.8 Å². The smallest absolute Gasteiger partial charge is 0.250 e. The fraction of sp³-hybridized carbons (Fsp3) is 0.333. The van der Waals surface area contributed by atoms with Crippen molar-refractivity contribution in [3.8, 4) is 0 Å². The van der Waals surface area contributed by atoms with E-state index in [0.717, 1.165) is 5.69 Å². The highest BCUT2D eigenvalue weighted by Crippen LogP contribution is 2.36. The molecule has 1 aromatic heterocycles. The van der Waals surface area contributed by atoms with Gasteiger partial charge in [0.2, 0.25) is 11.8 Å². The van der Waals surface area contributed by atoms with Gasteiger partial charge in [-0.25, -0.2) is 0 Å². The predicted molar refractivity (Wildman–Crippen MR) is 97.3 cm³/mol. The van der Waals surface area contributed by atoms with Gasteiger partial charge in [-0.3, -0.25) is 19.4 Å². The number of fused-ring (bicyclic) bond motifs is 1. The van der Waals surface area contributed by atoms with Gasteiger partial charge in [-0.2, -0.15) is 0 Å². The Hall–Kier alpha value is -2.18. The normalized spacial score (nSPS) is 16.0. The maximum atomic E-state index is 13.0. The second-order valence-corrected chi connectivity index (χ2v) is 7.54. The number of benzene rings is 1. The van der Waals surface area contributed by atoms with Crippen LogP contribution in [0, 0.1) is 0 Å². The van der Waals surface area contributed by atoms with E-state index >= 15 is 0 Å². The number of likely N-dealkylation sites (N-methyl/N-ethyl adjacent to an activating group) is 1. The number of carbonyl (C=O) groups excluding carboxylic acids is 2. The summed E-state index contributed by atoms with van der Waals surface area (Å²) in [6.45, 7) is 4.51. The first-order valence-electron chi connectivity index (χ1n) is 7.84. The number of hydrogen-bond acceptors (Lipinski definition) is 4. The van der Waals surface area contributed by atoms with Crippen LogP contribution in [0.4, 0.5) is 11.4 Å². The van der Waals surface area contributed by atoms with Gasteiger partial charge in [0.1, 0.15) is 5.54 Å². The molecule has 5 nitrogen and oxygen atoms in total. The molecule has 0 saturated heterocycles. The molecule has 0 fully saturated rings. The van der Waals surface area contributed by atoms with Crippen LogP contribution in [0.3, 0.4) is 0 Å². The number of thiophene rings is 1.